The van der Waals surface area contributed by atoms with E-state index in [9.17, 15) is 4.79 Å². The molecular formula is C11H8ClNO2S2. The van der Waals surface area contributed by atoms with E-state index >= 15 is 0 Å². The standard InChI is InChI=1S/C11H8ClNO2S2/c12-8-4-3-7(16-8)10-13-9-5(11(14)15)1-2-6(9)17-10/h3-5H,1-2H2,(H,14,15). The van der Waals surface area contributed by atoms with Crippen molar-refractivity contribution in [3.63, 3.8) is 0 Å². The van der Waals surface area contributed by atoms with Gasteiger partial charge in [0.05, 0.1) is 14.9 Å². The van der Waals surface area contributed by atoms with E-state index in [-0.39, 0.29) is 0 Å². The van der Waals surface area contributed by atoms with Crippen molar-refractivity contribution in [2.24, 2.45) is 0 Å². The number of hydrogen-bond donors (Lipinski definition) is 1. The van der Waals surface area contributed by atoms with Gasteiger partial charge in [-0.3, -0.25) is 4.79 Å². The van der Waals surface area contributed by atoms with E-state index in [2.05, 4.69) is 4.98 Å². The fourth-order valence-electron chi connectivity index (χ4n) is 2.00. The van der Waals surface area contributed by atoms with Gasteiger partial charge in [-0.25, -0.2) is 4.98 Å². The lowest BCUT2D eigenvalue weighted by Gasteiger charge is -2.00. The van der Waals surface area contributed by atoms with Crippen LogP contribution in [0.3, 0.4) is 0 Å². The molecule has 0 aromatic carbocycles. The molecule has 1 aliphatic carbocycles. The van der Waals surface area contributed by atoms with Crippen LogP contribution in [0.2, 0.25) is 4.34 Å². The van der Waals surface area contributed by atoms with Gasteiger partial charge in [0, 0.05) is 4.88 Å². The summed E-state index contributed by atoms with van der Waals surface area (Å²) < 4.78 is 0.727. The molecule has 0 spiro atoms. The molecule has 0 fully saturated rings. The first kappa shape index (κ1) is 11.2. The first-order chi connectivity index (χ1) is 8.15. The number of aromatic nitrogens is 1. The Morgan fingerprint density at radius 1 is 1.47 bits per heavy atom. The number of thiophene rings is 1. The summed E-state index contributed by atoms with van der Waals surface area (Å²) in [5.74, 6) is -1.20. The third-order valence-corrected chi connectivity index (χ3v) is 5.33. The largest absolute Gasteiger partial charge is 0.481 e. The number of rotatable bonds is 2. The van der Waals surface area contributed by atoms with Crippen LogP contribution in [0.5, 0.6) is 0 Å². The molecule has 0 saturated carbocycles. The fraction of sp³-hybridized carbons (Fsp3) is 0.273. The van der Waals surface area contributed by atoms with Gasteiger partial charge in [-0.15, -0.1) is 22.7 Å². The highest BCUT2D eigenvalue weighted by Crippen LogP contribution is 2.41. The number of thiazole rings is 1. The Bertz CT molecular complexity index is 590. The van der Waals surface area contributed by atoms with Gasteiger partial charge in [0.25, 0.3) is 0 Å². The van der Waals surface area contributed by atoms with Gasteiger partial charge in [0.1, 0.15) is 10.9 Å². The fourth-order valence-corrected chi connectivity index (χ4v) is 4.24. The van der Waals surface area contributed by atoms with E-state index in [1.54, 1.807) is 11.3 Å². The van der Waals surface area contributed by atoms with Crippen LogP contribution in [0, 0.1) is 0 Å². The van der Waals surface area contributed by atoms with E-state index in [4.69, 9.17) is 16.7 Å². The van der Waals surface area contributed by atoms with Crippen molar-refractivity contribution in [1.82, 2.24) is 4.98 Å². The van der Waals surface area contributed by atoms with Crippen molar-refractivity contribution in [2.45, 2.75) is 18.8 Å². The van der Waals surface area contributed by atoms with Gasteiger partial charge in [-0.05, 0) is 25.0 Å². The summed E-state index contributed by atoms with van der Waals surface area (Å²) in [5.41, 5.74) is 0.752. The second kappa shape index (κ2) is 4.08. The molecule has 0 bridgehead atoms. The highest BCUT2D eigenvalue weighted by atomic mass is 35.5. The third kappa shape index (κ3) is 1.88. The van der Waals surface area contributed by atoms with Crippen LogP contribution in [-0.2, 0) is 11.2 Å². The molecule has 1 N–H and O–H groups in total. The van der Waals surface area contributed by atoms with Crippen molar-refractivity contribution in [3.05, 3.63) is 27.0 Å². The molecule has 1 atom stereocenters. The van der Waals surface area contributed by atoms with Gasteiger partial charge in [-0.2, -0.15) is 0 Å². The van der Waals surface area contributed by atoms with Crippen LogP contribution < -0.4 is 0 Å². The maximum absolute atomic E-state index is 11.1. The molecule has 0 saturated heterocycles. The van der Waals surface area contributed by atoms with E-state index < -0.39 is 11.9 Å². The van der Waals surface area contributed by atoms with Gasteiger partial charge >= 0.3 is 5.97 Å². The molecule has 17 heavy (non-hydrogen) atoms. The van der Waals surface area contributed by atoms with Crippen LogP contribution in [0.15, 0.2) is 12.1 Å². The predicted octanol–water partition coefficient (Wildman–Crippen LogP) is 3.64. The first-order valence-electron chi connectivity index (χ1n) is 5.13. The van der Waals surface area contributed by atoms with Crippen LogP contribution in [-0.4, -0.2) is 16.1 Å². The maximum Gasteiger partial charge on any atom is 0.312 e. The van der Waals surface area contributed by atoms with Crippen molar-refractivity contribution >= 4 is 40.2 Å². The van der Waals surface area contributed by atoms with Crippen molar-refractivity contribution in [3.8, 4) is 9.88 Å². The van der Waals surface area contributed by atoms with Gasteiger partial charge in [-0.1, -0.05) is 11.6 Å². The average Bonchev–Trinajstić information content (AvgIpc) is 2.89. The molecule has 2 aromatic heterocycles. The van der Waals surface area contributed by atoms with Crippen molar-refractivity contribution < 1.29 is 9.90 Å². The van der Waals surface area contributed by atoms with E-state index in [1.807, 2.05) is 12.1 Å². The van der Waals surface area contributed by atoms with Crippen molar-refractivity contribution in [2.75, 3.05) is 0 Å². The smallest absolute Gasteiger partial charge is 0.312 e. The number of nitrogens with zero attached hydrogens (tertiary/aromatic N) is 1. The monoisotopic (exact) mass is 285 g/mol. The minimum Gasteiger partial charge on any atom is -0.481 e. The van der Waals surface area contributed by atoms with Crippen LogP contribution in [0.25, 0.3) is 9.88 Å². The highest BCUT2D eigenvalue weighted by Gasteiger charge is 2.32. The maximum atomic E-state index is 11.1. The van der Waals surface area contributed by atoms with Gasteiger partial charge in [0.2, 0.25) is 0 Å². The Kier molecular flexibility index (Phi) is 2.69. The minimum atomic E-state index is -0.773. The van der Waals surface area contributed by atoms with Crippen LogP contribution >= 0.6 is 34.3 Å². The molecule has 0 radical (unpaired) electrons. The zero-order valence-electron chi connectivity index (χ0n) is 8.64. The Hall–Kier alpha value is -0.910. The average molecular weight is 286 g/mol. The van der Waals surface area contributed by atoms with Gasteiger partial charge < -0.3 is 5.11 Å². The van der Waals surface area contributed by atoms with E-state index in [1.165, 1.54) is 11.3 Å². The zero-order valence-corrected chi connectivity index (χ0v) is 11.0. The van der Waals surface area contributed by atoms with Crippen LogP contribution in [0.4, 0.5) is 0 Å². The van der Waals surface area contributed by atoms with Crippen LogP contribution in [0.1, 0.15) is 22.9 Å². The number of aryl methyl sites for hydroxylation is 1. The lowest BCUT2D eigenvalue weighted by atomic mass is 10.1. The molecule has 2 heterocycles. The SMILES string of the molecule is O=C(O)C1CCc2sc(-c3ccc(Cl)s3)nc21. The number of fused-ring (bicyclic) bond motifs is 1. The number of aliphatic carboxylic acids is 1. The molecule has 1 unspecified atom stereocenters. The second-order valence-electron chi connectivity index (χ2n) is 3.86. The summed E-state index contributed by atoms with van der Waals surface area (Å²) in [4.78, 5) is 17.6. The second-order valence-corrected chi connectivity index (χ2v) is 6.66. The zero-order chi connectivity index (χ0) is 12.0. The topological polar surface area (TPSA) is 50.2 Å². The Morgan fingerprint density at radius 2 is 2.29 bits per heavy atom. The summed E-state index contributed by atoms with van der Waals surface area (Å²) in [7, 11) is 0. The number of carbonyl (C=O) groups is 1. The molecule has 6 heteroatoms. The minimum absolute atomic E-state index is 0.426. The summed E-state index contributed by atoms with van der Waals surface area (Å²) in [6, 6.07) is 3.76. The Labute approximate surface area is 111 Å². The predicted molar refractivity (Wildman–Crippen MR) is 69.1 cm³/mol. The number of carboxylic acid groups (broad SMARTS) is 1. The molecular weight excluding hydrogens is 278 g/mol. The van der Waals surface area contributed by atoms with Crippen molar-refractivity contribution in [1.29, 1.82) is 0 Å². The number of carboxylic acids is 1. The Balaban J connectivity index is 2.01. The molecule has 3 rings (SSSR count). The third-order valence-electron chi connectivity index (χ3n) is 2.80. The molecule has 0 amide bonds. The molecule has 1 aliphatic rings. The van der Waals surface area contributed by atoms with E-state index in [0.29, 0.717) is 6.42 Å². The lowest BCUT2D eigenvalue weighted by molar-refractivity contribution is -0.138. The van der Waals surface area contributed by atoms with E-state index in [0.717, 1.165) is 31.2 Å². The summed E-state index contributed by atoms with van der Waals surface area (Å²) in [6.07, 6.45) is 1.50. The summed E-state index contributed by atoms with van der Waals surface area (Å²) in [6.45, 7) is 0. The summed E-state index contributed by atoms with van der Waals surface area (Å²) >= 11 is 8.95. The molecule has 88 valence electrons. The normalized spacial score (nSPS) is 18.3. The first-order valence-corrected chi connectivity index (χ1v) is 7.14. The molecule has 3 nitrogen and oxygen atoms in total. The quantitative estimate of drug-likeness (QED) is 0.916. The highest BCUT2D eigenvalue weighted by molar-refractivity contribution is 7.23. The molecule has 2 aromatic rings. The van der Waals surface area contributed by atoms with Gasteiger partial charge in [0.15, 0.2) is 0 Å². The lowest BCUT2D eigenvalue weighted by Crippen LogP contribution is -2.08. The Morgan fingerprint density at radius 3 is 2.94 bits per heavy atom. The number of halogens is 1. The number of hydrogen-bond acceptors (Lipinski definition) is 4. The molecule has 0 aliphatic heterocycles. The summed E-state index contributed by atoms with van der Waals surface area (Å²) in [5, 5.41) is 9.98.